The molecular weight excluding hydrogens is 268 g/mol. The van der Waals surface area contributed by atoms with E-state index in [1.165, 1.54) is 19.4 Å². The van der Waals surface area contributed by atoms with Crippen molar-refractivity contribution in [2.75, 3.05) is 7.11 Å². The molecule has 2 unspecified atom stereocenters. The lowest BCUT2D eigenvalue weighted by atomic mass is 9.99. The summed E-state index contributed by atoms with van der Waals surface area (Å²) < 4.78 is 4.70. The van der Waals surface area contributed by atoms with Crippen molar-refractivity contribution in [3.63, 3.8) is 0 Å². The summed E-state index contributed by atoms with van der Waals surface area (Å²) in [4.78, 5) is 27.5. The summed E-state index contributed by atoms with van der Waals surface area (Å²) in [5.41, 5.74) is 0.349. The number of amides is 1. The minimum Gasteiger partial charge on any atom is -0.467 e. The van der Waals surface area contributed by atoms with Crippen LogP contribution in [0.2, 0.25) is 5.15 Å². The Labute approximate surface area is 117 Å². The highest BCUT2D eigenvalue weighted by molar-refractivity contribution is 6.29. The zero-order valence-corrected chi connectivity index (χ0v) is 11.9. The van der Waals surface area contributed by atoms with Crippen molar-refractivity contribution in [1.29, 1.82) is 0 Å². The Morgan fingerprint density at radius 3 is 2.63 bits per heavy atom. The first-order valence-electron chi connectivity index (χ1n) is 5.99. The fraction of sp³-hybridized carbons (Fsp3) is 0.462. The van der Waals surface area contributed by atoms with E-state index < -0.39 is 12.0 Å². The largest absolute Gasteiger partial charge is 0.467 e. The second-order valence-electron chi connectivity index (χ2n) is 4.23. The summed E-state index contributed by atoms with van der Waals surface area (Å²) in [6, 6.07) is 2.40. The smallest absolute Gasteiger partial charge is 0.328 e. The average molecular weight is 285 g/mol. The molecule has 0 saturated carbocycles. The summed E-state index contributed by atoms with van der Waals surface area (Å²) in [6.45, 7) is 3.82. The molecule has 1 rings (SSSR count). The van der Waals surface area contributed by atoms with Gasteiger partial charge in [0.1, 0.15) is 11.2 Å². The van der Waals surface area contributed by atoms with Gasteiger partial charge in [-0.05, 0) is 18.1 Å². The Balaban J connectivity index is 2.81. The summed E-state index contributed by atoms with van der Waals surface area (Å²) in [5.74, 6) is -0.846. The molecule has 1 aromatic heterocycles. The number of halogens is 1. The SMILES string of the molecule is CCC(C)C(NC(=O)c1ccc(Cl)nc1)C(=O)OC. The van der Waals surface area contributed by atoms with Gasteiger partial charge in [-0.3, -0.25) is 4.79 Å². The summed E-state index contributed by atoms with van der Waals surface area (Å²) in [6.07, 6.45) is 2.11. The summed E-state index contributed by atoms with van der Waals surface area (Å²) in [5, 5.41) is 2.97. The van der Waals surface area contributed by atoms with E-state index in [9.17, 15) is 9.59 Å². The topological polar surface area (TPSA) is 68.3 Å². The van der Waals surface area contributed by atoms with Crippen molar-refractivity contribution < 1.29 is 14.3 Å². The molecule has 0 radical (unpaired) electrons. The van der Waals surface area contributed by atoms with Gasteiger partial charge in [-0.1, -0.05) is 31.9 Å². The third-order valence-corrected chi connectivity index (χ3v) is 3.17. The van der Waals surface area contributed by atoms with Gasteiger partial charge >= 0.3 is 5.97 Å². The van der Waals surface area contributed by atoms with Gasteiger partial charge in [0.2, 0.25) is 0 Å². The minimum atomic E-state index is -0.668. The Hall–Kier alpha value is -1.62. The molecule has 0 aromatic carbocycles. The molecule has 19 heavy (non-hydrogen) atoms. The highest BCUT2D eigenvalue weighted by Crippen LogP contribution is 2.11. The number of nitrogens with one attached hydrogen (secondary N) is 1. The molecule has 104 valence electrons. The number of carbonyl (C=O) groups excluding carboxylic acids is 2. The van der Waals surface area contributed by atoms with Gasteiger partial charge in [0.15, 0.2) is 0 Å². The lowest BCUT2D eigenvalue weighted by Gasteiger charge is -2.21. The Kier molecular flexibility index (Phi) is 5.76. The first-order chi connectivity index (χ1) is 8.99. The Morgan fingerprint density at radius 1 is 1.47 bits per heavy atom. The molecule has 1 N–H and O–H groups in total. The molecule has 0 aliphatic carbocycles. The third kappa shape index (κ3) is 4.21. The average Bonchev–Trinajstić information content (AvgIpc) is 2.43. The van der Waals surface area contributed by atoms with Crippen molar-refractivity contribution in [3.05, 3.63) is 29.0 Å². The van der Waals surface area contributed by atoms with Gasteiger partial charge in [0, 0.05) is 6.20 Å². The Bertz CT molecular complexity index is 448. The number of nitrogens with zero attached hydrogens (tertiary/aromatic N) is 1. The maximum absolute atomic E-state index is 12.0. The van der Waals surface area contributed by atoms with E-state index >= 15 is 0 Å². The molecule has 5 nitrogen and oxygen atoms in total. The van der Waals surface area contributed by atoms with E-state index in [0.29, 0.717) is 10.7 Å². The second kappa shape index (κ2) is 7.09. The minimum absolute atomic E-state index is 0.0170. The summed E-state index contributed by atoms with van der Waals surface area (Å²) >= 11 is 5.65. The van der Waals surface area contributed by atoms with Gasteiger partial charge in [-0.25, -0.2) is 9.78 Å². The zero-order chi connectivity index (χ0) is 14.4. The first kappa shape index (κ1) is 15.4. The molecule has 2 atom stereocenters. The highest BCUT2D eigenvalue weighted by atomic mass is 35.5. The number of hydrogen-bond acceptors (Lipinski definition) is 4. The lowest BCUT2D eigenvalue weighted by molar-refractivity contribution is -0.144. The van der Waals surface area contributed by atoms with Crippen molar-refractivity contribution in [3.8, 4) is 0 Å². The molecule has 0 aliphatic rings. The van der Waals surface area contributed by atoms with Crippen molar-refractivity contribution >= 4 is 23.5 Å². The maximum Gasteiger partial charge on any atom is 0.328 e. The standard InChI is InChI=1S/C13H17ClN2O3/c1-4-8(2)11(13(18)19-3)16-12(17)9-5-6-10(14)15-7-9/h5-8,11H,4H2,1-3H3,(H,16,17). The van der Waals surface area contributed by atoms with E-state index in [-0.39, 0.29) is 11.8 Å². The number of hydrogen-bond donors (Lipinski definition) is 1. The van der Waals surface area contributed by atoms with Crippen LogP contribution in [0.5, 0.6) is 0 Å². The van der Waals surface area contributed by atoms with Gasteiger partial charge in [0.25, 0.3) is 5.91 Å². The number of esters is 1. The van der Waals surface area contributed by atoms with Crippen molar-refractivity contribution in [2.24, 2.45) is 5.92 Å². The van der Waals surface area contributed by atoms with Crippen LogP contribution in [-0.4, -0.2) is 30.0 Å². The molecular formula is C13H17ClN2O3. The van der Waals surface area contributed by atoms with Gasteiger partial charge < -0.3 is 10.1 Å². The van der Waals surface area contributed by atoms with E-state index in [1.54, 1.807) is 6.07 Å². The quantitative estimate of drug-likeness (QED) is 0.664. The van der Waals surface area contributed by atoms with Crippen LogP contribution in [-0.2, 0) is 9.53 Å². The van der Waals surface area contributed by atoms with Crippen LogP contribution < -0.4 is 5.32 Å². The van der Waals surface area contributed by atoms with Crippen LogP contribution in [0.3, 0.4) is 0 Å². The van der Waals surface area contributed by atoms with E-state index in [4.69, 9.17) is 16.3 Å². The van der Waals surface area contributed by atoms with Crippen LogP contribution in [0.15, 0.2) is 18.3 Å². The molecule has 0 aliphatic heterocycles. The van der Waals surface area contributed by atoms with Crippen molar-refractivity contribution in [1.82, 2.24) is 10.3 Å². The molecule has 1 aromatic rings. The second-order valence-corrected chi connectivity index (χ2v) is 4.62. The number of methoxy groups -OCH3 is 1. The molecule has 1 amide bonds. The molecule has 1 heterocycles. The molecule has 0 fully saturated rings. The van der Waals surface area contributed by atoms with Crippen LogP contribution in [0.25, 0.3) is 0 Å². The fourth-order valence-corrected chi connectivity index (χ4v) is 1.64. The van der Waals surface area contributed by atoms with Gasteiger partial charge in [-0.15, -0.1) is 0 Å². The molecule has 0 saturated heterocycles. The zero-order valence-electron chi connectivity index (χ0n) is 11.1. The maximum atomic E-state index is 12.0. The van der Waals surface area contributed by atoms with Crippen LogP contribution in [0.4, 0.5) is 0 Å². The van der Waals surface area contributed by atoms with Crippen LogP contribution in [0, 0.1) is 5.92 Å². The van der Waals surface area contributed by atoms with Crippen LogP contribution >= 0.6 is 11.6 Å². The monoisotopic (exact) mass is 284 g/mol. The number of pyridine rings is 1. The number of carbonyl (C=O) groups is 2. The lowest BCUT2D eigenvalue weighted by Crippen LogP contribution is -2.45. The fourth-order valence-electron chi connectivity index (χ4n) is 1.53. The summed E-state index contributed by atoms with van der Waals surface area (Å²) in [7, 11) is 1.30. The number of rotatable bonds is 5. The molecule has 0 spiro atoms. The normalized spacial score (nSPS) is 13.5. The van der Waals surface area contributed by atoms with Crippen molar-refractivity contribution in [2.45, 2.75) is 26.3 Å². The van der Waals surface area contributed by atoms with Crippen LogP contribution in [0.1, 0.15) is 30.6 Å². The first-order valence-corrected chi connectivity index (χ1v) is 6.37. The predicted octanol–water partition coefficient (Wildman–Crippen LogP) is 2.05. The van der Waals surface area contributed by atoms with E-state index in [1.807, 2.05) is 13.8 Å². The van der Waals surface area contributed by atoms with E-state index in [2.05, 4.69) is 10.3 Å². The van der Waals surface area contributed by atoms with Gasteiger partial charge in [0.05, 0.1) is 12.7 Å². The number of ether oxygens (including phenoxy) is 1. The highest BCUT2D eigenvalue weighted by Gasteiger charge is 2.27. The molecule has 0 bridgehead atoms. The number of aromatic nitrogens is 1. The predicted molar refractivity (Wildman–Crippen MR) is 72.0 cm³/mol. The van der Waals surface area contributed by atoms with Gasteiger partial charge in [-0.2, -0.15) is 0 Å². The third-order valence-electron chi connectivity index (χ3n) is 2.94. The van der Waals surface area contributed by atoms with E-state index in [0.717, 1.165) is 6.42 Å². The Morgan fingerprint density at radius 2 is 2.16 bits per heavy atom. The molecule has 6 heteroatoms.